The van der Waals surface area contributed by atoms with Crippen LogP contribution in [0.15, 0.2) is 10.7 Å². The van der Waals surface area contributed by atoms with E-state index in [9.17, 15) is 0 Å². The summed E-state index contributed by atoms with van der Waals surface area (Å²) >= 11 is 5.55. The van der Waals surface area contributed by atoms with Gasteiger partial charge in [0.1, 0.15) is 5.82 Å². The quantitative estimate of drug-likeness (QED) is 0.928. The molecule has 1 N–H and O–H groups in total. The topological polar surface area (TPSA) is 41.1 Å². The summed E-state index contributed by atoms with van der Waals surface area (Å²) in [7, 11) is 0. The van der Waals surface area contributed by atoms with Crippen LogP contribution in [0.1, 0.15) is 13.8 Å². The molecule has 0 aromatic carbocycles. The molecule has 1 saturated heterocycles. The van der Waals surface area contributed by atoms with Gasteiger partial charge in [0.05, 0.1) is 4.47 Å². The molecule has 94 valence electrons. The number of rotatable bonds is 3. The fourth-order valence-corrected chi connectivity index (χ4v) is 3.28. The van der Waals surface area contributed by atoms with E-state index in [0.29, 0.717) is 12.0 Å². The number of anilines is 2. The lowest BCUT2D eigenvalue weighted by atomic mass is 10.3. The van der Waals surface area contributed by atoms with Crippen LogP contribution in [0.4, 0.5) is 11.8 Å². The van der Waals surface area contributed by atoms with Gasteiger partial charge in [0.15, 0.2) is 0 Å². The van der Waals surface area contributed by atoms with Gasteiger partial charge >= 0.3 is 0 Å². The predicted molar refractivity (Wildman–Crippen MR) is 78.0 cm³/mol. The molecule has 6 heteroatoms. The number of nitrogens with zero attached hydrogens (tertiary/aromatic N) is 3. The van der Waals surface area contributed by atoms with Crippen molar-refractivity contribution in [1.82, 2.24) is 9.97 Å². The number of nitrogens with one attached hydrogen (secondary N) is 1. The zero-order valence-electron chi connectivity index (χ0n) is 10.1. The van der Waals surface area contributed by atoms with Crippen molar-refractivity contribution in [2.24, 2.45) is 0 Å². The Morgan fingerprint density at radius 2 is 2.47 bits per heavy atom. The van der Waals surface area contributed by atoms with Crippen molar-refractivity contribution in [3.63, 3.8) is 0 Å². The third kappa shape index (κ3) is 3.04. The fourth-order valence-electron chi connectivity index (χ4n) is 1.84. The van der Waals surface area contributed by atoms with Crippen LogP contribution in [0.25, 0.3) is 0 Å². The van der Waals surface area contributed by atoms with E-state index in [0.717, 1.165) is 34.9 Å². The van der Waals surface area contributed by atoms with Gasteiger partial charge in [-0.15, -0.1) is 0 Å². The monoisotopic (exact) mass is 316 g/mol. The molecule has 1 aromatic rings. The molecule has 0 bridgehead atoms. The highest BCUT2D eigenvalue weighted by Crippen LogP contribution is 2.29. The zero-order chi connectivity index (χ0) is 12.3. The fraction of sp³-hybridized carbons (Fsp3) is 0.636. The first-order valence-corrected chi connectivity index (χ1v) is 7.78. The van der Waals surface area contributed by atoms with Crippen molar-refractivity contribution in [1.29, 1.82) is 0 Å². The van der Waals surface area contributed by atoms with Crippen LogP contribution in [0.2, 0.25) is 0 Å². The van der Waals surface area contributed by atoms with Crippen molar-refractivity contribution in [3.05, 3.63) is 10.7 Å². The summed E-state index contributed by atoms with van der Waals surface area (Å²) < 4.78 is 0.970. The second kappa shape index (κ2) is 5.91. The van der Waals surface area contributed by atoms with E-state index in [1.54, 1.807) is 0 Å². The molecule has 0 spiro atoms. The van der Waals surface area contributed by atoms with Gasteiger partial charge in [-0.2, -0.15) is 16.7 Å². The van der Waals surface area contributed by atoms with Gasteiger partial charge in [-0.3, -0.25) is 0 Å². The third-order valence-corrected chi connectivity index (χ3v) is 4.45. The van der Waals surface area contributed by atoms with Gasteiger partial charge < -0.3 is 10.2 Å². The van der Waals surface area contributed by atoms with Crippen molar-refractivity contribution in [2.45, 2.75) is 19.9 Å². The molecule has 4 nitrogen and oxygen atoms in total. The molecule has 0 amide bonds. The average Bonchev–Trinajstić information content (AvgIpc) is 2.33. The van der Waals surface area contributed by atoms with E-state index < -0.39 is 0 Å². The van der Waals surface area contributed by atoms with Crippen LogP contribution in [-0.4, -0.2) is 40.6 Å². The number of hydrogen-bond acceptors (Lipinski definition) is 5. The summed E-state index contributed by atoms with van der Waals surface area (Å²) in [4.78, 5) is 11.2. The Bertz CT molecular complexity index is 388. The number of aromatic nitrogens is 2. The van der Waals surface area contributed by atoms with Crippen LogP contribution in [-0.2, 0) is 0 Å². The summed E-state index contributed by atoms with van der Waals surface area (Å²) in [5.74, 6) is 4.03. The van der Waals surface area contributed by atoms with Crippen LogP contribution >= 0.6 is 27.7 Å². The van der Waals surface area contributed by atoms with Crippen molar-refractivity contribution >= 4 is 39.5 Å². The van der Waals surface area contributed by atoms with Gasteiger partial charge in [0, 0.05) is 36.8 Å². The molecule has 0 radical (unpaired) electrons. The Kier molecular flexibility index (Phi) is 4.50. The molecular formula is C11H17BrN4S. The Morgan fingerprint density at radius 1 is 1.65 bits per heavy atom. The minimum atomic E-state index is 0.523. The maximum atomic E-state index is 4.58. The lowest BCUT2D eigenvalue weighted by Crippen LogP contribution is -2.41. The molecule has 1 aromatic heterocycles. The smallest absolute Gasteiger partial charge is 0.224 e. The van der Waals surface area contributed by atoms with Gasteiger partial charge in [0.2, 0.25) is 5.95 Å². The minimum Gasteiger partial charge on any atom is -0.354 e. The molecule has 17 heavy (non-hydrogen) atoms. The Balaban J connectivity index is 2.25. The summed E-state index contributed by atoms with van der Waals surface area (Å²) in [6.07, 6.45) is 1.83. The van der Waals surface area contributed by atoms with Crippen LogP contribution in [0, 0.1) is 0 Å². The maximum absolute atomic E-state index is 4.58. The minimum absolute atomic E-state index is 0.523. The Morgan fingerprint density at radius 3 is 3.18 bits per heavy atom. The summed E-state index contributed by atoms with van der Waals surface area (Å²) in [6, 6.07) is 0.523. The number of hydrogen-bond donors (Lipinski definition) is 1. The molecule has 0 saturated carbocycles. The summed E-state index contributed by atoms with van der Waals surface area (Å²) in [5, 5.41) is 3.15. The lowest BCUT2D eigenvalue weighted by Gasteiger charge is -2.34. The second-order valence-electron chi connectivity index (χ2n) is 4.01. The molecule has 2 rings (SSSR count). The molecular weight excluding hydrogens is 300 g/mol. The van der Waals surface area contributed by atoms with E-state index in [1.165, 1.54) is 0 Å². The molecule has 2 heterocycles. The van der Waals surface area contributed by atoms with Crippen LogP contribution in [0.5, 0.6) is 0 Å². The van der Waals surface area contributed by atoms with E-state index in [2.05, 4.69) is 43.0 Å². The number of halogens is 1. The van der Waals surface area contributed by atoms with Crippen LogP contribution < -0.4 is 10.2 Å². The summed E-state index contributed by atoms with van der Waals surface area (Å²) in [6.45, 7) is 6.18. The van der Waals surface area contributed by atoms with E-state index in [1.807, 2.05) is 24.9 Å². The number of thioether (sulfide) groups is 1. The van der Waals surface area contributed by atoms with Crippen molar-refractivity contribution in [3.8, 4) is 0 Å². The lowest BCUT2D eigenvalue weighted by molar-refractivity contribution is 0.687. The van der Waals surface area contributed by atoms with Gasteiger partial charge in [-0.05, 0) is 29.8 Å². The first-order valence-electron chi connectivity index (χ1n) is 5.83. The van der Waals surface area contributed by atoms with Gasteiger partial charge in [-0.25, -0.2) is 4.98 Å². The second-order valence-corrected chi connectivity index (χ2v) is 6.02. The molecule has 1 unspecified atom stereocenters. The van der Waals surface area contributed by atoms with Crippen molar-refractivity contribution in [2.75, 3.05) is 34.8 Å². The molecule has 1 aliphatic rings. The SMILES string of the molecule is CCNc1ncc(Br)c(N2CCSCC2C)n1. The van der Waals surface area contributed by atoms with Crippen LogP contribution in [0.3, 0.4) is 0 Å². The Labute approximate surface area is 115 Å². The van der Waals surface area contributed by atoms with Crippen molar-refractivity contribution < 1.29 is 0 Å². The third-order valence-electron chi connectivity index (χ3n) is 2.70. The van der Waals surface area contributed by atoms with E-state index in [-0.39, 0.29) is 0 Å². The Hall–Kier alpha value is -0.490. The largest absolute Gasteiger partial charge is 0.354 e. The highest BCUT2D eigenvalue weighted by Gasteiger charge is 2.22. The predicted octanol–water partition coefficient (Wildman–Crippen LogP) is 2.61. The average molecular weight is 317 g/mol. The molecule has 1 fully saturated rings. The normalized spacial score (nSPS) is 20.4. The molecule has 1 aliphatic heterocycles. The highest BCUT2D eigenvalue weighted by molar-refractivity contribution is 9.10. The van der Waals surface area contributed by atoms with Gasteiger partial charge in [-0.1, -0.05) is 0 Å². The first-order chi connectivity index (χ1) is 8.22. The molecule has 0 aliphatic carbocycles. The molecule has 1 atom stereocenters. The highest BCUT2D eigenvalue weighted by atomic mass is 79.9. The van der Waals surface area contributed by atoms with E-state index in [4.69, 9.17) is 0 Å². The zero-order valence-corrected chi connectivity index (χ0v) is 12.5. The standard InChI is InChI=1S/C11H17BrN4S/c1-3-13-11-14-6-9(12)10(15-11)16-4-5-17-7-8(16)2/h6,8H,3-5,7H2,1-2H3,(H,13,14,15). The first kappa shape index (κ1) is 13.0. The van der Waals surface area contributed by atoms with Gasteiger partial charge in [0.25, 0.3) is 0 Å². The summed E-state index contributed by atoms with van der Waals surface area (Å²) in [5.41, 5.74) is 0. The van der Waals surface area contributed by atoms with E-state index >= 15 is 0 Å². The maximum Gasteiger partial charge on any atom is 0.224 e.